The Balaban J connectivity index is 0.000000324. The number of halogens is 2. The lowest BCUT2D eigenvalue weighted by Gasteiger charge is -2.34. The van der Waals surface area contributed by atoms with Crippen LogP contribution < -0.4 is 15.4 Å². The molecule has 43 heavy (non-hydrogen) atoms. The summed E-state index contributed by atoms with van der Waals surface area (Å²) in [5.74, 6) is -1.27. The number of rotatable bonds is 7. The molecule has 1 aliphatic heterocycles. The molecule has 0 spiro atoms. The van der Waals surface area contributed by atoms with Gasteiger partial charge in [-0.15, -0.1) is 0 Å². The number of aliphatic hydroxyl groups excluding tert-OH is 1. The lowest BCUT2D eigenvalue weighted by atomic mass is 9.80. The van der Waals surface area contributed by atoms with Gasteiger partial charge in [-0.3, -0.25) is 14.6 Å². The van der Waals surface area contributed by atoms with Gasteiger partial charge in [0.05, 0.1) is 42.3 Å². The molecule has 230 valence electrons. The molecule has 1 fully saturated rings. The average molecular weight is 648 g/mol. The van der Waals surface area contributed by atoms with Gasteiger partial charge in [0.2, 0.25) is 15.9 Å². The number of carbonyl (C=O) groups excluding carboxylic acids is 2. The molecule has 3 aromatic rings. The lowest BCUT2D eigenvalue weighted by Crippen LogP contribution is -2.45. The Morgan fingerprint density at radius 1 is 1.05 bits per heavy atom. The van der Waals surface area contributed by atoms with Crippen LogP contribution >= 0.6 is 23.2 Å². The van der Waals surface area contributed by atoms with Crippen LogP contribution in [0.15, 0.2) is 60.7 Å². The number of nitrogens with one attached hydrogen (secondary N) is 3. The van der Waals surface area contributed by atoms with Crippen LogP contribution in [0.1, 0.15) is 89.9 Å². The molecule has 2 aliphatic rings. The van der Waals surface area contributed by atoms with Crippen LogP contribution in [-0.2, 0) is 21.4 Å². The number of hydrogen-bond acceptors (Lipinski definition) is 6. The Labute approximate surface area is 262 Å². The third-order valence-electron chi connectivity index (χ3n) is 7.52. The minimum Gasteiger partial charge on any atom is -0.390 e. The second-order valence-corrected chi connectivity index (χ2v) is 13.5. The smallest absolute Gasteiger partial charge is 0.252 e. The molecular formula is C31H36Cl2N4O5S. The minimum absolute atomic E-state index is 0.187. The van der Waals surface area contributed by atoms with Crippen LogP contribution in [-0.4, -0.2) is 42.6 Å². The molecule has 4 N–H and O–H groups in total. The molecule has 12 heteroatoms. The van der Waals surface area contributed by atoms with Crippen molar-refractivity contribution in [1.29, 1.82) is 0 Å². The van der Waals surface area contributed by atoms with Gasteiger partial charge in [0.25, 0.3) is 5.91 Å². The monoisotopic (exact) mass is 646 g/mol. The van der Waals surface area contributed by atoms with Crippen molar-refractivity contribution in [1.82, 2.24) is 20.3 Å². The summed E-state index contributed by atoms with van der Waals surface area (Å²) in [5.41, 5.74) is 2.81. The van der Waals surface area contributed by atoms with Crippen LogP contribution in [0.2, 0.25) is 10.0 Å². The molecule has 0 bridgehead atoms. The number of carbonyl (C=O) groups is 2. The highest BCUT2D eigenvalue weighted by Gasteiger charge is 2.40. The molecule has 1 aromatic heterocycles. The van der Waals surface area contributed by atoms with Crippen molar-refractivity contribution in [3.05, 3.63) is 98.8 Å². The highest BCUT2D eigenvalue weighted by Crippen LogP contribution is 2.40. The molecule has 2 aromatic carbocycles. The number of amides is 2. The predicted molar refractivity (Wildman–Crippen MR) is 167 cm³/mol. The van der Waals surface area contributed by atoms with E-state index >= 15 is 0 Å². The molecular weight excluding hydrogens is 611 g/mol. The zero-order valence-corrected chi connectivity index (χ0v) is 26.3. The molecule has 5 rings (SSSR count). The largest absolute Gasteiger partial charge is 0.390 e. The van der Waals surface area contributed by atoms with E-state index in [9.17, 15) is 23.1 Å². The zero-order valence-electron chi connectivity index (χ0n) is 24.0. The van der Waals surface area contributed by atoms with Gasteiger partial charge in [-0.05, 0) is 61.2 Å². The van der Waals surface area contributed by atoms with Crippen LogP contribution in [0, 0.1) is 0 Å². The summed E-state index contributed by atoms with van der Waals surface area (Å²) in [6, 6.07) is 16.4. The van der Waals surface area contributed by atoms with E-state index in [1.807, 2.05) is 6.92 Å². The fourth-order valence-corrected chi connectivity index (χ4v) is 6.86. The molecule has 1 saturated carbocycles. The first-order valence-electron chi connectivity index (χ1n) is 14.2. The summed E-state index contributed by atoms with van der Waals surface area (Å²) >= 11 is 12.5. The van der Waals surface area contributed by atoms with Crippen LogP contribution in [0.3, 0.4) is 0 Å². The van der Waals surface area contributed by atoms with Gasteiger partial charge in [-0.25, -0.2) is 13.1 Å². The van der Waals surface area contributed by atoms with E-state index in [4.69, 9.17) is 23.2 Å². The van der Waals surface area contributed by atoms with E-state index in [-0.39, 0.29) is 24.5 Å². The standard InChI is InChI=1S/C24H21Cl2N3O3.C7H15NO2S/c1-13(20-8-4-5-15(12-30)28-20)27-24(32)21-16-6-2-3-7-17(16)23(31)29-22(21)18-10-9-14(25)11-19(18)26;1-11(9,10)8-7-5-3-2-4-6-7/h2-11,13,21-22,30H,12H2,1H3,(H,27,32)(H,29,31);7-8H,2-6H2,1H3/t13?,21-,22+;/m1./s1. The Kier molecular flexibility index (Phi) is 11.2. The Hall–Kier alpha value is -3.02. The van der Waals surface area contributed by atoms with Gasteiger partial charge in [0.1, 0.15) is 0 Å². The second-order valence-electron chi connectivity index (χ2n) is 10.8. The number of benzene rings is 2. The molecule has 0 radical (unpaired) electrons. The van der Waals surface area contributed by atoms with Crippen molar-refractivity contribution in [2.75, 3.05) is 6.26 Å². The number of aromatic nitrogens is 1. The van der Waals surface area contributed by atoms with Gasteiger partial charge in [0, 0.05) is 21.7 Å². The number of hydrogen-bond donors (Lipinski definition) is 4. The van der Waals surface area contributed by atoms with Crippen LogP contribution in [0.5, 0.6) is 0 Å². The third kappa shape index (κ3) is 8.77. The second kappa shape index (κ2) is 14.6. The van der Waals surface area contributed by atoms with Crippen molar-refractivity contribution in [2.45, 2.75) is 69.7 Å². The van der Waals surface area contributed by atoms with Crippen molar-refractivity contribution in [3.63, 3.8) is 0 Å². The Bertz CT molecular complexity index is 1560. The lowest BCUT2D eigenvalue weighted by molar-refractivity contribution is -0.124. The van der Waals surface area contributed by atoms with Crippen molar-refractivity contribution in [3.8, 4) is 0 Å². The average Bonchev–Trinajstić information content (AvgIpc) is 2.97. The summed E-state index contributed by atoms with van der Waals surface area (Å²) < 4.78 is 24.2. The molecule has 0 saturated heterocycles. The maximum absolute atomic E-state index is 13.6. The fraction of sp³-hybridized carbons (Fsp3) is 0.387. The Morgan fingerprint density at radius 2 is 1.77 bits per heavy atom. The fourth-order valence-electron chi connectivity index (χ4n) is 5.49. The first-order chi connectivity index (χ1) is 20.5. The van der Waals surface area contributed by atoms with Gasteiger partial charge in [-0.2, -0.15) is 0 Å². The normalized spacial score (nSPS) is 19.3. The quantitative estimate of drug-likeness (QED) is 0.279. The summed E-state index contributed by atoms with van der Waals surface area (Å²) in [5, 5.41) is 16.1. The maximum atomic E-state index is 13.6. The summed E-state index contributed by atoms with van der Waals surface area (Å²) in [4.78, 5) is 30.7. The topological polar surface area (TPSA) is 137 Å². The van der Waals surface area contributed by atoms with Gasteiger partial charge in [0.15, 0.2) is 0 Å². The van der Waals surface area contributed by atoms with E-state index in [1.165, 1.54) is 12.7 Å². The third-order valence-corrected chi connectivity index (χ3v) is 8.84. The van der Waals surface area contributed by atoms with Gasteiger partial charge >= 0.3 is 0 Å². The van der Waals surface area contributed by atoms with Crippen LogP contribution in [0.25, 0.3) is 0 Å². The molecule has 9 nitrogen and oxygen atoms in total. The number of pyridine rings is 1. The highest BCUT2D eigenvalue weighted by molar-refractivity contribution is 7.88. The van der Waals surface area contributed by atoms with E-state index in [1.54, 1.807) is 60.7 Å². The van der Waals surface area contributed by atoms with E-state index in [0.29, 0.717) is 38.1 Å². The molecule has 3 atom stereocenters. The molecule has 1 unspecified atom stereocenters. The highest BCUT2D eigenvalue weighted by atomic mass is 35.5. The molecule has 2 amide bonds. The number of aliphatic hydroxyl groups is 1. The number of sulfonamides is 1. The first-order valence-corrected chi connectivity index (χ1v) is 16.8. The van der Waals surface area contributed by atoms with Crippen LogP contribution in [0.4, 0.5) is 0 Å². The predicted octanol–water partition coefficient (Wildman–Crippen LogP) is 5.19. The van der Waals surface area contributed by atoms with Gasteiger partial charge in [-0.1, -0.05) is 72.8 Å². The van der Waals surface area contributed by atoms with E-state index < -0.39 is 28.0 Å². The van der Waals surface area contributed by atoms with Crippen molar-refractivity contribution >= 4 is 45.0 Å². The number of nitrogens with zero attached hydrogens (tertiary/aromatic N) is 1. The minimum atomic E-state index is -2.97. The summed E-state index contributed by atoms with van der Waals surface area (Å²) in [6.07, 6.45) is 6.81. The number of fused-ring (bicyclic) bond motifs is 1. The van der Waals surface area contributed by atoms with E-state index in [0.717, 1.165) is 25.7 Å². The molecule has 1 aliphatic carbocycles. The first kappa shape index (κ1) is 32.9. The maximum Gasteiger partial charge on any atom is 0.252 e. The van der Waals surface area contributed by atoms with Crippen molar-refractivity contribution < 1.29 is 23.1 Å². The SMILES string of the molecule is CC(NC(=O)[C@@H]1c2ccccc2C(=O)N[C@H]1c1ccc(Cl)cc1Cl)c1cccc(CO)n1.CS(=O)(=O)NC1CCCCC1. The molecule has 2 heterocycles. The summed E-state index contributed by atoms with van der Waals surface area (Å²) in [7, 11) is -2.97. The van der Waals surface area contributed by atoms with E-state index in [2.05, 4.69) is 20.3 Å². The Morgan fingerprint density at radius 3 is 2.44 bits per heavy atom. The summed E-state index contributed by atoms with van der Waals surface area (Å²) in [6.45, 7) is 1.63. The van der Waals surface area contributed by atoms with Crippen molar-refractivity contribution in [2.24, 2.45) is 0 Å². The van der Waals surface area contributed by atoms with Gasteiger partial charge < -0.3 is 15.7 Å². The zero-order chi connectivity index (χ0) is 31.1.